The van der Waals surface area contributed by atoms with E-state index in [0.717, 1.165) is 24.1 Å². The van der Waals surface area contributed by atoms with Gasteiger partial charge >= 0.3 is 0 Å². The Morgan fingerprint density at radius 1 is 1.05 bits per heavy atom. The fourth-order valence-electron chi connectivity index (χ4n) is 1.96. The van der Waals surface area contributed by atoms with E-state index in [9.17, 15) is 4.39 Å². The molecule has 20 heavy (non-hydrogen) atoms. The number of alkyl halides is 1. The van der Waals surface area contributed by atoms with Crippen molar-refractivity contribution in [1.82, 2.24) is 0 Å². The molecule has 1 N–H and O–H groups in total. The second-order valence-corrected chi connectivity index (χ2v) is 5.38. The number of aryl methyl sites for hydroxylation is 1. The van der Waals surface area contributed by atoms with Crippen LogP contribution in [0, 0.1) is 5.82 Å². The van der Waals surface area contributed by atoms with E-state index < -0.39 is 5.82 Å². The van der Waals surface area contributed by atoms with Gasteiger partial charge in [-0.15, -0.1) is 11.6 Å². The minimum atomic E-state index is -0.390. The van der Waals surface area contributed by atoms with Gasteiger partial charge in [0.15, 0.2) is 0 Å². The van der Waals surface area contributed by atoms with Gasteiger partial charge < -0.3 is 5.32 Å². The zero-order valence-electron chi connectivity index (χ0n) is 11.0. The van der Waals surface area contributed by atoms with Gasteiger partial charge in [0.25, 0.3) is 0 Å². The lowest BCUT2D eigenvalue weighted by atomic mass is 10.1. The molecule has 0 aromatic heterocycles. The molecule has 2 rings (SSSR count). The van der Waals surface area contributed by atoms with E-state index in [0.29, 0.717) is 12.4 Å². The van der Waals surface area contributed by atoms with Crippen molar-refractivity contribution < 1.29 is 4.39 Å². The Hall–Kier alpha value is -1.25. The largest absolute Gasteiger partial charge is 0.381 e. The van der Waals surface area contributed by atoms with Crippen molar-refractivity contribution in [2.75, 3.05) is 11.2 Å². The van der Waals surface area contributed by atoms with E-state index in [1.54, 1.807) is 12.1 Å². The molecule has 2 aromatic rings. The Morgan fingerprint density at radius 2 is 1.90 bits per heavy atom. The first-order chi connectivity index (χ1) is 9.69. The summed E-state index contributed by atoms with van der Waals surface area (Å²) in [4.78, 5) is 0. The van der Waals surface area contributed by atoms with Crippen LogP contribution in [0.2, 0.25) is 5.02 Å². The van der Waals surface area contributed by atoms with Gasteiger partial charge in [0.05, 0.1) is 5.02 Å². The first kappa shape index (κ1) is 15.1. The van der Waals surface area contributed by atoms with Crippen LogP contribution in [0.3, 0.4) is 0 Å². The third-order valence-corrected chi connectivity index (χ3v) is 3.56. The van der Waals surface area contributed by atoms with Gasteiger partial charge in [0, 0.05) is 18.1 Å². The maximum atomic E-state index is 13.1. The minimum absolute atomic E-state index is 0.153. The Labute approximate surface area is 128 Å². The molecule has 0 bridgehead atoms. The summed E-state index contributed by atoms with van der Waals surface area (Å²) in [5, 5.41) is 3.46. The average Bonchev–Trinajstić information content (AvgIpc) is 2.47. The topological polar surface area (TPSA) is 12.0 Å². The zero-order chi connectivity index (χ0) is 14.4. The fourth-order valence-corrected chi connectivity index (χ4v) is 2.30. The van der Waals surface area contributed by atoms with Crippen LogP contribution in [-0.2, 0) is 13.0 Å². The normalized spacial score (nSPS) is 10.6. The van der Waals surface area contributed by atoms with Gasteiger partial charge in [0.2, 0.25) is 0 Å². The first-order valence-corrected chi connectivity index (χ1v) is 7.43. The van der Waals surface area contributed by atoms with E-state index in [-0.39, 0.29) is 5.02 Å². The van der Waals surface area contributed by atoms with E-state index >= 15 is 0 Å². The molecule has 0 atom stereocenters. The predicted molar refractivity (Wildman–Crippen MR) is 84.2 cm³/mol. The Morgan fingerprint density at radius 3 is 2.65 bits per heavy atom. The highest BCUT2D eigenvalue weighted by Crippen LogP contribution is 2.18. The third kappa shape index (κ3) is 4.39. The smallest absolute Gasteiger partial charge is 0.141 e. The monoisotopic (exact) mass is 311 g/mol. The standard InChI is InChI=1S/C16H16Cl2FN/c17-8-2-4-12-3-1-5-14(9-12)20-11-13-6-7-16(19)15(18)10-13/h1,3,5-7,9-10,20H,2,4,8,11H2. The van der Waals surface area contributed by atoms with Crippen LogP contribution in [0.1, 0.15) is 17.5 Å². The SMILES string of the molecule is Fc1ccc(CNc2cccc(CCCCl)c2)cc1Cl. The highest BCUT2D eigenvalue weighted by Gasteiger charge is 2.01. The molecule has 1 nitrogen and oxygen atoms in total. The van der Waals surface area contributed by atoms with Crippen molar-refractivity contribution >= 4 is 28.9 Å². The highest BCUT2D eigenvalue weighted by atomic mass is 35.5. The molecule has 0 aliphatic rings. The van der Waals surface area contributed by atoms with Crippen LogP contribution in [0.25, 0.3) is 0 Å². The molecular formula is C16H16Cl2FN. The number of benzene rings is 2. The molecule has 0 amide bonds. The fraction of sp³-hybridized carbons (Fsp3) is 0.250. The van der Waals surface area contributed by atoms with Crippen LogP contribution in [0.4, 0.5) is 10.1 Å². The summed E-state index contributed by atoms with van der Waals surface area (Å²) in [5.74, 6) is 0.282. The average molecular weight is 312 g/mol. The molecule has 0 fully saturated rings. The van der Waals surface area contributed by atoms with E-state index in [1.165, 1.54) is 11.6 Å². The number of hydrogen-bond acceptors (Lipinski definition) is 1. The van der Waals surface area contributed by atoms with E-state index in [1.807, 2.05) is 12.1 Å². The summed E-state index contributed by atoms with van der Waals surface area (Å²) in [6.07, 6.45) is 1.94. The van der Waals surface area contributed by atoms with Gasteiger partial charge in [0.1, 0.15) is 5.82 Å². The molecule has 4 heteroatoms. The number of nitrogens with one attached hydrogen (secondary N) is 1. The van der Waals surface area contributed by atoms with Crippen LogP contribution < -0.4 is 5.32 Å². The second-order valence-electron chi connectivity index (χ2n) is 4.59. The summed E-state index contributed by atoms with van der Waals surface area (Å²) in [6.45, 7) is 0.610. The van der Waals surface area contributed by atoms with Gasteiger partial charge in [-0.05, 0) is 48.2 Å². The molecule has 106 valence electrons. The quantitative estimate of drug-likeness (QED) is 0.717. The molecule has 0 spiro atoms. The minimum Gasteiger partial charge on any atom is -0.381 e. The highest BCUT2D eigenvalue weighted by molar-refractivity contribution is 6.30. The van der Waals surface area contributed by atoms with Gasteiger partial charge in [-0.2, -0.15) is 0 Å². The number of anilines is 1. The predicted octanol–water partition coefficient (Wildman–Crippen LogP) is 5.26. The second kappa shape index (κ2) is 7.51. The molecule has 0 radical (unpaired) electrons. The summed E-state index contributed by atoms with van der Waals surface area (Å²) < 4.78 is 13.1. The van der Waals surface area contributed by atoms with Crippen molar-refractivity contribution in [3.8, 4) is 0 Å². The Balaban J connectivity index is 1.97. The molecule has 0 saturated carbocycles. The summed E-state index contributed by atoms with van der Waals surface area (Å²) in [7, 11) is 0. The lowest BCUT2D eigenvalue weighted by Gasteiger charge is -2.09. The summed E-state index contributed by atoms with van der Waals surface area (Å²) >= 11 is 11.5. The lowest BCUT2D eigenvalue weighted by Crippen LogP contribution is -2.00. The van der Waals surface area contributed by atoms with Gasteiger partial charge in [-0.1, -0.05) is 29.8 Å². The Kier molecular flexibility index (Phi) is 5.69. The molecule has 2 aromatic carbocycles. The number of rotatable bonds is 6. The molecule has 0 heterocycles. The number of halogens is 3. The Bertz CT molecular complexity index is 572. The van der Waals surface area contributed by atoms with Gasteiger partial charge in [-0.3, -0.25) is 0 Å². The van der Waals surface area contributed by atoms with Crippen LogP contribution in [0.5, 0.6) is 0 Å². The van der Waals surface area contributed by atoms with Crippen molar-refractivity contribution in [2.45, 2.75) is 19.4 Å². The molecule has 0 saturated heterocycles. The van der Waals surface area contributed by atoms with Crippen molar-refractivity contribution in [3.05, 3.63) is 64.4 Å². The van der Waals surface area contributed by atoms with Crippen LogP contribution >= 0.6 is 23.2 Å². The summed E-state index contributed by atoms with van der Waals surface area (Å²) in [6, 6.07) is 13.0. The molecule has 0 unspecified atom stereocenters. The van der Waals surface area contributed by atoms with Crippen LogP contribution in [-0.4, -0.2) is 5.88 Å². The zero-order valence-corrected chi connectivity index (χ0v) is 12.5. The van der Waals surface area contributed by atoms with Crippen molar-refractivity contribution in [2.24, 2.45) is 0 Å². The molecule has 0 aliphatic heterocycles. The van der Waals surface area contributed by atoms with Gasteiger partial charge in [-0.25, -0.2) is 4.39 Å². The lowest BCUT2D eigenvalue weighted by molar-refractivity contribution is 0.627. The maximum absolute atomic E-state index is 13.1. The van der Waals surface area contributed by atoms with E-state index in [2.05, 4.69) is 17.4 Å². The third-order valence-electron chi connectivity index (χ3n) is 3.01. The van der Waals surface area contributed by atoms with Crippen LogP contribution in [0.15, 0.2) is 42.5 Å². The first-order valence-electron chi connectivity index (χ1n) is 6.52. The van der Waals surface area contributed by atoms with Crippen molar-refractivity contribution in [1.29, 1.82) is 0 Å². The summed E-state index contributed by atoms with van der Waals surface area (Å²) in [5.41, 5.74) is 3.24. The molecule has 0 aliphatic carbocycles. The number of hydrogen-bond donors (Lipinski definition) is 1. The maximum Gasteiger partial charge on any atom is 0.141 e. The van der Waals surface area contributed by atoms with E-state index in [4.69, 9.17) is 23.2 Å². The molecular weight excluding hydrogens is 296 g/mol. The van der Waals surface area contributed by atoms with Crippen molar-refractivity contribution in [3.63, 3.8) is 0 Å².